The van der Waals surface area contributed by atoms with Gasteiger partial charge >= 0.3 is 6.03 Å². The maximum Gasteiger partial charge on any atom is 0.319 e. The second-order valence-electron chi connectivity index (χ2n) is 2.64. The summed E-state index contributed by atoms with van der Waals surface area (Å²) in [6, 6.07) is 6.65. The normalized spacial score (nSPS) is 7.81. The molecule has 0 spiro atoms. The molecule has 16 heavy (non-hydrogen) atoms. The summed E-state index contributed by atoms with van der Waals surface area (Å²) in [6.07, 6.45) is 0. The second-order valence-corrected chi connectivity index (χ2v) is 2.64. The van der Waals surface area contributed by atoms with E-state index >= 15 is 0 Å². The van der Waals surface area contributed by atoms with Crippen LogP contribution in [0.4, 0.5) is 16.2 Å². The number of benzene rings is 1. The summed E-state index contributed by atoms with van der Waals surface area (Å²) >= 11 is 0. The van der Waals surface area contributed by atoms with Crippen molar-refractivity contribution in [2.24, 2.45) is 5.73 Å². The molecule has 7 heteroatoms. The van der Waals surface area contributed by atoms with Gasteiger partial charge in [0.1, 0.15) is 0 Å². The van der Waals surface area contributed by atoms with E-state index in [-0.39, 0.29) is 30.3 Å². The number of amides is 2. The smallest absolute Gasteiger partial charge is 0.319 e. The molecule has 0 aliphatic rings. The molecule has 0 radical (unpaired) electrons. The highest BCUT2D eigenvalue weighted by atomic mass is 35.5. The standard InChI is InChI=1S/C9H13N3O.2ClH.H2O/c1-2-12(9(11)13)8-6-4-3-5-7(8)10;;;/h3-6H,2,10H2,1H3,(H2,11,13);2*1H;1H2. The van der Waals surface area contributed by atoms with Crippen molar-refractivity contribution in [2.45, 2.75) is 6.92 Å². The second kappa shape index (κ2) is 9.08. The maximum atomic E-state index is 11.0. The van der Waals surface area contributed by atoms with Crippen LogP contribution in [0.25, 0.3) is 0 Å². The van der Waals surface area contributed by atoms with Crippen LogP contribution >= 0.6 is 24.8 Å². The van der Waals surface area contributed by atoms with E-state index in [1.807, 2.05) is 19.1 Å². The first kappa shape index (κ1) is 20.3. The third-order valence-corrected chi connectivity index (χ3v) is 1.81. The first-order valence-electron chi connectivity index (χ1n) is 4.08. The van der Waals surface area contributed by atoms with Crippen molar-refractivity contribution in [3.63, 3.8) is 0 Å². The predicted octanol–water partition coefficient (Wildman–Crippen LogP) is 1.19. The van der Waals surface area contributed by atoms with E-state index in [9.17, 15) is 4.79 Å². The minimum absolute atomic E-state index is 0. The molecule has 5 nitrogen and oxygen atoms in total. The van der Waals surface area contributed by atoms with Gasteiger partial charge in [-0.3, -0.25) is 4.90 Å². The van der Waals surface area contributed by atoms with Crippen LogP contribution in [0.3, 0.4) is 0 Å². The molecule has 0 heterocycles. The Kier molecular flexibility index (Phi) is 11.5. The summed E-state index contributed by atoms with van der Waals surface area (Å²) in [5.74, 6) is 0. The predicted molar refractivity (Wildman–Crippen MR) is 71.6 cm³/mol. The van der Waals surface area contributed by atoms with Gasteiger partial charge in [-0.05, 0) is 19.1 Å². The summed E-state index contributed by atoms with van der Waals surface area (Å²) in [4.78, 5) is 12.4. The van der Waals surface area contributed by atoms with E-state index in [2.05, 4.69) is 0 Å². The number of nitrogens with zero attached hydrogens (tertiary/aromatic N) is 1. The van der Waals surface area contributed by atoms with Crippen LogP contribution in [-0.4, -0.2) is 18.1 Å². The van der Waals surface area contributed by atoms with Gasteiger partial charge in [0.25, 0.3) is 0 Å². The SMILES string of the molecule is CCN(C(N)=O)c1ccccc1N.Cl.Cl.O. The zero-order valence-corrected chi connectivity index (χ0v) is 10.5. The third kappa shape index (κ3) is 4.57. The number of halogens is 2. The largest absolute Gasteiger partial charge is 0.412 e. The maximum absolute atomic E-state index is 11.0. The fourth-order valence-electron chi connectivity index (χ4n) is 1.18. The molecule has 2 amide bonds. The number of carbonyl (C=O) groups excluding carboxylic acids is 1. The fraction of sp³-hybridized carbons (Fsp3) is 0.222. The van der Waals surface area contributed by atoms with E-state index in [0.29, 0.717) is 17.9 Å². The Bertz CT molecular complexity index is 323. The lowest BCUT2D eigenvalue weighted by Gasteiger charge is -2.19. The zero-order valence-electron chi connectivity index (χ0n) is 8.84. The molecule has 1 aromatic carbocycles. The van der Waals surface area contributed by atoms with Gasteiger partial charge < -0.3 is 16.9 Å². The number of rotatable bonds is 2. The van der Waals surface area contributed by atoms with Crippen molar-refractivity contribution < 1.29 is 10.3 Å². The summed E-state index contributed by atoms with van der Waals surface area (Å²) in [7, 11) is 0. The number of nitrogen functional groups attached to an aromatic ring is 1. The highest BCUT2D eigenvalue weighted by Gasteiger charge is 2.11. The lowest BCUT2D eigenvalue weighted by molar-refractivity contribution is 0.254. The molecule has 0 aromatic heterocycles. The fourth-order valence-corrected chi connectivity index (χ4v) is 1.18. The average molecular weight is 270 g/mol. The Morgan fingerprint density at radius 1 is 1.31 bits per heavy atom. The summed E-state index contributed by atoms with van der Waals surface area (Å²) in [5, 5.41) is 0. The molecule has 94 valence electrons. The summed E-state index contributed by atoms with van der Waals surface area (Å²) in [5.41, 5.74) is 12.1. The van der Waals surface area contributed by atoms with Gasteiger partial charge in [-0.2, -0.15) is 0 Å². The van der Waals surface area contributed by atoms with Gasteiger partial charge in [0.15, 0.2) is 0 Å². The van der Waals surface area contributed by atoms with Gasteiger partial charge in [0.05, 0.1) is 11.4 Å². The number of primary amides is 1. The van der Waals surface area contributed by atoms with Gasteiger partial charge in [0.2, 0.25) is 0 Å². The number of hydrogen-bond donors (Lipinski definition) is 2. The van der Waals surface area contributed by atoms with Gasteiger partial charge in [-0.25, -0.2) is 4.79 Å². The Morgan fingerprint density at radius 2 is 1.81 bits per heavy atom. The van der Waals surface area contributed by atoms with Crippen LogP contribution in [0, 0.1) is 0 Å². The Morgan fingerprint density at radius 3 is 2.19 bits per heavy atom. The molecule has 0 saturated heterocycles. The highest BCUT2D eigenvalue weighted by Crippen LogP contribution is 2.21. The van der Waals surface area contributed by atoms with E-state index < -0.39 is 6.03 Å². The van der Waals surface area contributed by atoms with Crippen molar-refractivity contribution in [1.29, 1.82) is 0 Å². The molecule has 1 rings (SSSR count). The number of carbonyl (C=O) groups is 1. The van der Waals surface area contributed by atoms with Crippen LogP contribution in [0.1, 0.15) is 6.92 Å². The molecule has 6 N–H and O–H groups in total. The van der Waals surface area contributed by atoms with Crippen molar-refractivity contribution in [3.8, 4) is 0 Å². The molecule has 1 aromatic rings. The molecule has 0 saturated carbocycles. The zero-order chi connectivity index (χ0) is 9.84. The molecular formula is C9H17Cl2N3O2. The summed E-state index contributed by atoms with van der Waals surface area (Å²) in [6.45, 7) is 2.36. The number of hydrogen-bond acceptors (Lipinski definition) is 2. The van der Waals surface area contributed by atoms with Crippen LogP contribution in [-0.2, 0) is 0 Å². The first-order chi connectivity index (χ1) is 6.16. The molecule has 0 aliphatic carbocycles. The Balaban J connectivity index is -0.000000563. The number of urea groups is 1. The highest BCUT2D eigenvalue weighted by molar-refractivity contribution is 5.93. The molecule has 0 aliphatic heterocycles. The molecule has 0 fully saturated rings. The van der Waals surface area contributed by atoms with Gasteiger partial charge in [0, 0.05) is 6.54 Å². The topological polar surface area (TPSA) is 104 Å². The minimum Gasteiger partial charge on any atom is -0.412 e. The van der Waals surface area contributed by atoms with E-state index in [1.165, 1.54) is 4.90 Å². The van der Waals surface area contributed by atoms with Gasteiger partial charge in [-0.1, -0.05) is 12.1 Å². The van der Waals surface area contributed by atoms with Crippen LogP contribution < -0.4 is 16.4 Å². The summed E-state index contributed by atoms with van der Waals surface area (Å²) < 4.78 is 0. The van der Waals surface area contributed by atoms with E-state index in [0.717, 1.165) is 0 Å². The van der Waals surface area contributed by atoms with Crippen LogP contribution in [0.5, 0.6) is 0 Å². The van der Waals surface area contributed by atoms with E-state index in [4.69, 9.17) is 11.5 Å². The lowest BCUT2D eigenvalue weighted by atomic mass is 10.2. The number of nitrogens with two attached hydrogens (primary N) is 2. The third-order valence-electron chi connectivity index (χ3n) is 1.81. The Labute approximate surface area is 107 Å². The molecule has 0 atom stereocenters. The molecular weight excluding hydrogens is 253 g/mol. The van der Waals surface area contributed by atoms with Crippen LogP contribution in [0.2, 0.25) is 0 Å². The first-order valence-corrected chi connectivity index (χ1v) is 4.08. The van der Waals surface area contributed by atoms with Crippen molar-refractivity contribution >= 4 is 42.2 Å². The molecule has 0 bridgehead atoms. The number of para-hydroxylation sites is 2. The Hall–Kier alpha value is -1.17. The van der Waals surface area contributed by atoms with E-state index in [1.54, 1.807) is 12.1 Å². The average Bonchev–Trinajstić information content (AvgIpc) is 2.09. The number of anilines is 2. The van der Waals surface area contributed by atoms with Crippen LogP contribution in [0.15, 0.2) is 24.3 Å². The monoisotopic (exact) mass is 269 g/mol. The van der Waals surface area contributed by atoms with Crippen molar-refractivity contribution in [2.75, 3.05) is 17.2 Å². The van der Waals surface area contributed by atoms with Crippen molar-refractivity contribution in [1.82, 2.24) is 0 Å². The van der Waals surface area contributed by atoms with Crippen molar-refractivity contribution in [3.05, 3.63) is 24.3 Å². The molecule has 0 unspecified atom stereocenters. The minimum atomic E-state index is -0.486. The van der Waals surface area contributed by atoms with Gasteiger partial charge in [-0.15, -0.1) is 24.8 Å². The quantitative estimate of drug-likeness (QED) is 0.788. The lowest BCUT2D eigenvalue weighted by Crippen LogP contribution is -2.35.